The van der Waals surface area contributed by atoms with Crippen molar-refractivity contribution in [3.05, 3.63) is 65.0 Å². The van der Waals surface area contributed by atoms with Crippen LogP contribution in [0.1, 0.15) is 92.5 Å². The number of benzene rings is 1. The van der Waals surface area contributed by atoms with Gasteiger partial charge in [-0.1, -0.05) is 62.8 Å². The number of aryl methyl sites for hydroxylation is 1. The van der Waals surface area contributed by atoms with E-state index in [1.807, 2.05) is 12.4 Å². The summed E-state index contributed by atoms with van der Waals surface area (Å²) in [5.41, 5.74) is 6.29. The van der Waals surface area contributed by atoms with E-state index >= 15 is 0 Å². The van der Waals surface area contributed by atoms with E-state index in [9.17, 15) is 0 Å². The summed E-state index contributed by atoms with van der Waals surface area (Å²) in [6.07, 6.45) is 19.2. The molecule has 0 radical (unpaired) electrons. The largest absolute Gasteiger partial charge is 0.306 e. The van der Waals surface area contributed by atoms with Crippen LogP contribution in [0.2, 0.25) is 0 Å². The molecule has 2 fully saturated rings. The molecule has 2 aliphatic heterocycles. The van der Waals surface area contributed by atoms with Gasteiger partial charge >= 0.3 is 0 Å². The van der Waals surface area contributed by atoms with E-state index in [0.29, 0.717) is 5.92 Å². The highest BCUT2D eigenvalue weighted by Crippen LogP contribution is 2.29. The van der Waals surface area contributed by atoms with Crippen molar-refractivity contribution >= 4 is 11.9 Å². The van der Waals surface area contributed by atoms with E-state index < -0.39 is 0 Å². The van der Waals surface area contributed by atoms with Crippen LogP contribution in [0.4, 0.5) is 0 Å². The Kier molecular flexibility index (Phi) is 8.41. The quantitative estimate of drug-likeness (QED) is 0.435. The normalized spacial score (nSPS) is 22.3. The third-order valence-corrected chi connectivity index (χ3v) is 8.38. The van der Waals surface area contributed by atoms with Crippen LogP contribution in [0.5, 0.6) is 0 Å². The molecule has 5 rings (SSSR count). The van der Waals surface area contributed by atoms with Crippen molar-refractivity contribution in [3.8, 4) is 0 Å². The fourth-order valence-corrected chi connectivity index (χ4v) is 6.09. The van der Waals surface area contributed by atoms with Crippen LogP contribution in [0, 0.1) is 5.92 Å². The third-order valence-electron chi connectivity index (χ3n) is 8.38. The number of rotatable bonds is 8. The Morgan fingerprint density at radius 2 is 1.71 bits per heavy atom. The molecule has 1 aromatic heterocycles. The number of likely N-dealkylation sites (tertiary alicyclic amines) is 1. The van der Waals surface area contributed by atoms with Gasteiger partial charge in [0, 0.05) is 36.5 Å². The number of pyridine rings is 1. The maximum atomic E-state index is 4.99. The maximum Gasteiger partial charge on any atom is 0.143 e. The predicted molar refractivity (Wildman–Crippen MR) is 147 cm³/mol. The molecule has 4 nitrogen and oxygen atoms in total. The molecular formula is C31H42N4. The molecule has 1 atom stereocenters. The van der Waals surface area contributed by atoms with Crippen LogP contribution < -0.4 is 0 Å². The number of nitrogens with zero attached hydrogens (tertiary/aromatic N) is 4. The van der Waals surface area contributed by atoms with Crippen molar-refractivity contribution in [1.82, 2.24) is 9.88 Å². The van der Waals surface area contributed by atoms with E-state index in [1.165, 1.54) is 87.7 Å². The van der Waals surface area contributed by atoms with Crippen molar-refractivity contribution in [1.29, 1.82) is 0 Å². The summed E-state index contributed by atoms with van der Waals surface area (Å²) in [5, 5.41) is 0. The molecule has 0 bridgehead atoms. The Balaban J connectivity index is 1.13. The molecule has 3 heterocycles. The molecule has 1 aromatic carbocycles. The highest BCUT2D eigenvalue weighted by Gasteiger charge is 2.19. The van der Waals surface area contributed by atoms with Crippen molar-refractivity contribution in [2.75, 3.05) is 20.1 Å². The van der Waals surface area contributed by atoms with Gasteiger partial charge in [-0.3, -0.25) is 15.0 Å². The van der Waals surface area contributed by atoms with Crippen LogP contribution in [0.3, 0.4) is 0 Å². The number of hydrogen-bond acceptors (Lipinski definition) is 4. The summed E-state index contributed by atoms with van der Waals surface area (Å²) in [7, 11) is 2.22. The molecular weight excluding hydrogens is 428 g/mol. The molecule has 3 aliphatic rings. The van der Waals surface area contributed by atoms with Gasteiger partial charge in [0.1, 0.15) is 6.17 Å². The molecule has 1 aliphatic carbocycles. The highest BCUT2D eigenvalue weighted by atomic mass is 15.1. The third kappa shape index (κ3) is 6.88. The van der Waals surface area contributed by atoms with E-state index in [2.05, 4.69) is 53.3 Å². The molecule has 1 saturated carbocycles. The van der Waals surface area contributed by atoms with Gasteiger partial charge in [-0.25, -0.2) is 0 Å². The second kappa shape index (κ2) is 12.1. The second-order valence-electron chi connectivity index (χ2n) is 11.0. The Hall–Kier alpha value is -2.33. The lowest BCUT2D eigenvalue weighted by Gasteiger charge is -2.29. The molecule has 186 valence electrons. The molecule has 0 amide bonds. The van der Waals surface area contributed by atoms with Gasteiger partial charge in [0.05, 0.1) is 5.71 Å². The first-order valence-electron chi connectivity index (χ1n) is 14.0. The molecule has 1 saturated heterocycles. The van der Waals surface area contributed by atoms with Crippen molar-refractivity contribution in [3.63, 3.8) is 0 Å². The minimum atomic E-state index is -0.0249. The molecule has 0 N–H and O–H groups in total. The van der Waals surface area contributed by atoms with Crippen LogP contribution in [-0.4, -0.2) is 48.1 Å². The Bertz CT molecular complexity index is 978. The second-order valence-corrected chi connectivity index (χ2v) is 11.0. The zero-order chi connectivity index (χ0) is 23.9. The van der Waals surface area contributed by atoms with Crippen LogP contribution in [0.15, 0.2) is 52.6 Å². The Morgan fingerprint density at radius 3 is 2.46 bits per heavy atom. The zero-order valence-corrected chi connectivity index (χ0v) is 21.5. The Morgan fingerprint density at radius 1 is 0.914 bits per heavy atom. The average molecular weight is 471 g/mol. The van der Waals surface area contributed by atoms with Gasteiger partial charge in [-0.2, -0.15) is 0 Å². The number of hydrogen-bond donors (Lipinski definition) is 0. The first-order valence-corrected chi connectivity index (χ1v) is 14.0. The fourth-order valence-electron chi connectivity index (χ4n) is 6.09. The van der Waals surface area contributed by atoms with Crippen molar-refractivity contribution in [2.45, 2.75) is 89.1 Å². The lowest BCUT2D eigenvalue weighted by Crippen LogP contribution is -2.29. The smallest absolute Gasteiger partial charge is 0.143 e. The highest BCUT2D eigenvalue weighted by molar-refractivity contribution is 6.08. The molecule has 0 spiro atoms. The molecule has 2 aromatic rings. The number of aliphatic imine (C=N–C) groups is 2. The van der Waals surface area contributed by atoms with Gasteiger partial charge in [-0.15, -0.1) is 0 Å². The number of piperidine rings is 1. The molecule has 4 heteroatoms. The van der Waals surface area contributed by atoms with Crippen LogP contribution >= 0.6 is 0 Å². The summed E-state index contributed by atoms with van der Waals surface area (Å²) in [4.78, 5) is 16.9. The summed E-state index contributed by atoms with van der Waals surface area (Å²) in [6.45, 7) is 2.41. The topological polar surface area (TPSA) is 40.9 Å². The lowest BCUT2D eigenvalue weighted by atomic mass is 9.85. The van der Waals surface area contributed by atoms with Crippen LogP contribution in [0.25, 0.3) is 0 Å². The van der Waals surface area contributed by atoms with Gasteiger partial charge in [-0.05, 0) is 80.9 Å². The van der Waals surface area contributed by atoms with Crippen molar-refractivity contribution < 1.29 is 0 Å². The lowest BCUT2D eigenvalue weighted by molar-refractivity contribution is 0.255. The van der Waals surface area contributed by atoms with Crippen molar-refractivity contribution in [2.24, 2.45) is 15.9 Å². The number of aromatic nitrogens is 1. The predicted octanol–water partition coefficient (Wildman–Crippen LogP) is 6.63. The SMILES string of the molecule is CN1CCC(c2ccc(CC3N=CCC(c4ccc(CCCC5CCCCC5)nc4)=N3)cc2)CC1. The van der Waals surface area contributed by atoms with E-state index in [4.69, 9.17) is 9.98 Å². The van der Waals surface area contributed by atoms with Gasteiger partial charge in [0.15, 0.2) is 0 Å². The Labute approximate surface area is 212 Å². The van der Waals surface area contributed by atoms with E-state index in [1.54, 1.807) is 0 Å². The van der Waals surface area contributed by atoms with Gasteiger partial charge in [0.25, 0.3) is 0 Å². The standard InChI is InChI=1S/C31H42N4/c1-35-20-17-27(18-21-35)26-12-10-25(11-13-26)22-31-32-19-16-30(34-31)28-14-15-29(33-23-28)9-5-8-24-6-3-2-4-7-24/h10-15,19,23-24,27,31H,2-9,16-18,20-22H2,1H3. The molecule has 1 unspecified atom stereocenters. The molecule has 35 heavy (non-hydrogen) atoms. The van der Waals surface area contributed by atoms with Gasteiger partial charge < -0.3 is 4.90 Å². The van der Waals surface area contributed by atoms with Crippen LogP contribution in [-0.2, 0) is 12.8 Å². The zero-order valence-electron chi connectivity index (χ0n) is 21.5. The summed E-state index contributed by atoms with van der Waals surface area (Å²) < 4.78 is 0. The first-order chi connectivity index (χ1) is 17.2. The average Bonchev–Trinajstić information content (AvgIpc) is 2.91. The van der Waals surface area contributed by atoms with E-state index in [-0.39, 0.29) is 6.17 Å². The van der Waals surface area contributed by atoms with E-state index in [0.717, 1.165) is 36.5 Å². The minimum Gasteiger partial charge on any atom is -0.306 e. The monoisotopic (exact) mass is 470 g/mol. The summed E-state index contributed by atoms with van der Waals surface area (Å²) in [5.74, 6) is 1.67. The fraction of sp³-hybridized carbons (Fsp3) is 0.581. The summed E-state index contributed by atoms with van der Waals surface area (Å²) in [6, 6.07) is 13.7. The van der Waals surface area contributed by atoms with Gasteiger partial charge in [0.2, 0.25) is 0 Å². The maximum absolute atomic E-state index is 4.99. The first kappa shape index (κ1) is 24.4. The minimum absolute atomic E-state index is 0.0249. The summed E-state index contributed by atoms with van der Waals surface area (Å²) >= 11 is 0.